The Hall–Kier alpha value is -1.76. The van der Waals surface area contributed by atoms with Crippen LogP contribution in [0.15, 0.2) is 27.3 Å². The molecule has 0 saturated carbocycles. The maximum absolute atomic E-state index is 10.9. The molecule has 2 atom stereocenters. The summed E-state index contributed by atoms with van der Waals surface area (Å²) in [5, 5.41) is 12.8. The molecule has 0 aliphatic heterocycles. The Balaban J connectivity index is 2.24. The quantitative estimate of drug-likeness (QED) is 0.929. The predicted molar refractivity (Wildman–Crippen MR) is 70.4 cm³/mol. The second kappa shape index (κ2) is 5.48. The van der Waals surface area contributed by atoms with E-state index in [4.69, 9.17) is 9.63 Å². The Morgan fingerprint density at radius 2 is 2.16 bits per heavy atom. The first-order valence-electron chi connectivity index (χ1n) is 5.67. The molecular formula is C12H12BrN3O3. The number of carbonyl (C=O) groups is 1. The first-order chi connectivity index (χ1) is 8.99. The van der Waals surface area contributed by atoms with Gasteiger partial charge >= 0.3 is 5.97 Å². The molecule has 2 rings (SSSR count). The first-order valence-corrected chi connectivity index (χ1v) is 6.46. The fraction of sp³-hybridized carbons (Fsp3) is 0.333. The van der Waals surface area contributed by atoms with Crippen LogP contribution in [0.1, 0.15) is 25.7 Å². The zero-order valence-electron chi connectivity index (χ0n) is 10.4. The van der Waals surface area contributed by atoms with Gasteiger partial charge < -0.3 is 9.63 Å². The van der Waals surface area contributed by atoms with Crippen molar-refractivity contribution in [1.29, 1.82) is 0 Å². The highest BCUT2D eigenvalue weighted by atomic mass is 79.9. The van der Waals surface area contributed by atoms with Crippen LogP contribution in [0.4, 0.5) is 0 Å². The topological polar surface area (TPSA) is 89.1 Å². The van der Waals surface area contributed by atoms with Crippen molar-refractivity contribution in [2.75, 3.05) is 0 Å². The van der Waals surface area contributed by atoms with Gasteiger partial charge in [0.25, 0.3) is 0 Å². The number of aliphatic carboxylic acids is 1. The van der Waals surface area contributed by atoms with Crippen molar-refractivity contribution in [3.63, 3.8) is 0 Å². The number of halogens is 1. The highest BCUT2D eigenvalue weighted by molar-refractivity contribution is 9.10. The van der Waals surface area contributed by atoms with Gasteiger partial charge in [-0.1, -0.05) is 19.0 Å². The summed E-state index contributed by atoms with van der Waals surface area (Å²) in [5.41, 5.74) is 0.577. The molecule has 0 bridgehead atoms. The molecule has 0 aromatic carbocycles. The molecule has 0 spiro atoms. The molecule has 0 radical (unpaired) electrons. The van der Waals surface area contributed by atoms with Crippen LogP contribution < -0.4 is 0 Å². The molecule has 2 unspecified atom stereocenters. The molecule has 7 heteroatoms. The number of rotatable bonds is 4. The molecule has 2 aromatic rings. The minimum Gasteiger partial charge on any atom is -0.481 e. The van der Waals surface area contributed by atoms with E-state index in [1.807, 2.05) is 6.07 Å². The molecule has 0 saturated heterocycles. The molecule has 0 fully saturated rings. The smallest absolute Gasteiger partial charge is 0.307 e. The summed E-state index contributed by atoms with van der Waals surface area (Å²) in [7, 11) is 0. The fourth-order valence-corrected chi connectivity index (χ4v) is 1.69. The molecule has 0 amide bonds. The molecular weight excluding hydrogens is 314 g/mol. The van der Waals surface area contributed by atoms with Gasteiger partial charge in [-0.3, -0.25) is 9.78 Å². The van der Waals surface area contributed by atoms with Crippen LogP contribution >= 0.6 is 15.9 Å². The van der Waals surface area contributed by atoms with E-state index in [9.17, 15) is 4.79 Å². The third-order valence-corrected chi connectivity index (χ3v) is 3.40. The molecule has 2 heterocycles. The summed E-state index contributed by atoms with van der Waals surface area (Å²) in [4.78, 5) is 19.3. The zero-order chi connectivity index (χ0) is 14.0. The van der Waals surface area contributed by atoms with Gasteiger partial charge in [-0.2, -0.15) is 4.98 Å². The standard InChI is InChI=1S/C12H12BrN3O3/c1-6(7(2)12(17)18)11-15-10(16-19-11)9-4-3-8(13)5-14-9/h3-7H,1-2H3,(H,17,18). The SMILES string of the molecule is CC(C(=O)O)C(C)c1nc(-c2ccc(Br)cn2)no1. The van der Waals surface area contributed by atoms with Crippen molar-refractivity contribution in [2.45, 2.75) is 19.8 Å². The van der Waals surface area contributed by atoms with Crippen molar-refractivity contribution in [2.24, 2.45) is 5.92 Å². The summed E-state index contributed by atoms with van der Waals surface area (Å²) < 4.78 is 5.96. The van der Waals surface area contributed by atoms with Crippen LogP contribution in [0.2, 0.25) is 0 Å². The van der Waals surface area contributed by atoms with Gasteiger partial charge in [0.15, 0.2) is 0 Å². The van der Waals surface area contributed by atoms with E-state index in [2.05, 4.69) is 31.1 Å². The van der Waals surface area contributed by atoms with Crippen molar-refractivity contribution in [3.8, 4) is 11.5 Å². The Labute approximate surface area is 118 Å². The van der Waals surface area contributed by atoms with Crippen molar-refractivity contribution in [3.05, 3.63) is 28.7 Å². The van der Waals surface area contributed by atoms with E-state index in [0.717, 1.165) is 4.47 Å². The lowest BCUT2D eigenvalue weighted by atomic mass is 9.96. The lowest BCUT2D eigenvalue weighted by molar-refractivity contribution is -0.141. The van der Waals surface area contributed by atoms with Crippen molar-refractivity contribution < 1.29 is 14.4 Å². The van der Waals surface area contributed by atoms with Crippen LogP contribution in [0.3, 0.4) is 0 Å². The maximum atomic E-state index is 10.9. The van der Waals surface area contributed by atoms with Gasteiger partial charge in [-0.25, -0.2) is 0 Å². The number of nitrogens with zero attached hydrogens (tertiary/aromatic N) is 3. The van der Waals surface area contributed by atoms with E-state index in [1.165, 1.54) is 0 Å². The van der Waals surface area contributed by atoms with E-state index in [0.29, 0.717) is 17.4 Å². The Morgan fingerprint density at radius 1 is 1.42 bits per heavy atom. The number of carboxylic acid groups (broad SMARTS) is 1. The second-order valence-corrected chi connectivity index (χ2v) is 5.15. The van der Waals surface area contributed by atoms with Crippen molar-refractivity contribution >= 4 is 21.9 Å². The first kappa shape index (κ1) is 13.7. The predicted octanol–water partition coefficient (Wildman–Crippen LogP) is 2.72. The van der Waals surface area contributed by atoms with Crippen LogP contribution in [0, 0.1) is 5.92 Å². The van der Waals surface area contributed by atoms with Gasteiger partial charge in [0.2, 0.25) is 11.7 Å². The third kappa shape index (κ3) is 2.98. The summed E-state index contributed by atoms with van der Waals surface area (Å²) in [6.45, 7) is 3.35. The minimum atomic E-state index is -0.894. The van der Waals surface area contributed by atoms with E-state index >= 15 is 0 Å². The largest absolute Gasteiger partial charge is 0.481 e. The van der Waals surface area contributed by atoms with Gasteiger partial charge in [0.1, 0.15) is 5.69 Å². The zero-order valence-corrected chi connectivity index (χ0v) is 12.0. The highest BCUT2D eigenvalue weighted by Gasteiger charge is 2.26. The molecule has 6 nitrogen and oxygen atoms in total. The minimum absolute atomic E-state index is 0.301. The normalized spacial score (nSPS) is 14.1. The van der Waals surface area contributed by atoms with Crippen LogP contribution in [-0.2, 0) is 4.79 Å². The van der Waals surface area contributed by atoms with E-state index in [-0.39, 0.29) is 5.92 Å². The molecule has 2 aromatic heterocycles. The summed E-state index contributed by atoms with van der Waals surface area (Å²) >= 11 is 3.29. The highest BCUT2D eigenvalue weighted by Crippen LogP contribution is 2.25. The lowest BCUT2D eigenvalue weighted by Gasteiger charge is -2.10. The fourth-order valence-electron chi connectivity index (χ4n) is 1.46. The number of aromatic nitrogens is 3. The summed E-state index contributed by atoms with van der Waals surface area (Å²) in [6, 6.07) is 3.58. The van der Waals surface area contributed by atoms with Crippen LogP contribution in [0.25, 0.3) is 11.5 Å². The molecule has 100 valence electrons. The van der Waals surface area contributed by atoms with E-state index < -0.39 is 11.9 Å². The number of carboxylic acids is 1. The van der Waals surface area contributed by atoms with Crippen LogP contribution in [-0.4, -0.2) is 26.2 Å². The van der Waals surface area contributed by atoms with Gasteiger partial charge in [0, 0.05) is 16.6 Å². The number of hydrogen-bond acceptors (Lipinski definition) is 5. The van der Waals surface area contributed by atoms with Gasteiger partial charge in [-0.15, -0.1) is 0 Å². The molecule has 0 aliphatic carbocycles. The lowest BCUT2D eigenvalue weighted by Crippen LogP contribution is -2.16. The van der Waals surface area contributed by atoms with Crippen molar-refractivity contribution in [1.82, 2.24) is 15.1 Å². The average Bonchev–Trinajstić information content (AvgIpc) is 2.87. The molecule has 19 heavy (non-hydrogen) atoms. The maximum Gasteiger partial charge on any atom is 0.307 e. The molecule has 1 N–H and O–H groups in total. The average molecular weight is 326 g/mol. The summed E-state index contributed by atoms with van der Waals surface area (Å²) in [6.07, 6.45) is 1.63. The number of hydrogen-bond donors (Lipinski definition) is 1. The Bertz CT molecular complexity index is 582. The third-order valence-electron chi connectivity index (χ3n) is 2.93. The molecule has 0 aliphatic rings. The second-order valence-electron chi connectivity index (χ2n) is 4.23. The Kier molecular flexibility index (Phi) is 3.94. The Morgan fingerprint density at radius 3 is 2.74 bits per heavy atom. The summed E-state index contributed by atoms with van der Waals surface area (Å²) in [5.74, 6) is -1.18. The van der Waals surface area contributed by atoms with Gasteiger partial charge in [0.05, 0.1) is 5.92 Å². The van der Waals surface area contributed by atoms with E-state index in [1.54, 1.807) is 26.1 Å². The van der Waals surface area contributed by atoms with Gasteiger partial charge in [-0.05, 0) is 28.1 Å². The monoisotopic (exact) mass is 325 g/mol. The van der Waals surface area contributed by atoms with Crippen LogP contribution in [0.5, 0.6) is 0 Å². The number of pyridine rings is 1.